The van der Waals surface area contributed by atoms with Crippen LogP contribution in [0.1, 0.15) is 78.7 Å². The summed E-state index contributed by atoms with van der Waals surface area (Å²) in [6.45, 7) is 5.55. The van der Waals surface area contributed by atoms with Gasteiger partial charge in [-0.25, -0.2) is 0 Å². The van der Waals surface area contributed by atoms with E-state index in [9.17, 15) is 9.59 Å². The van der Waals surface area contributed by atoms with Crippen LogP contribution < -0.4 is 15.4 Å². The molecule has 2 rings (SSSR count). The van der Waals surface area contributed by atoms with E-state index >= 15 is 0 Å². The first-order chi connectivity index (χ1) is 17.0. The molecule has 0 saturated heterocycles. The van der Waals surface area contributed by atoms with Crippen LogP contribution in [-0.2, 0) is 16.1 Å². The Hall–Kier alpha value is -2.90. The third kappa shape index (κ3) is 9.34. The van der Waals surface area contributed by atoms with E-state index in [0.717, 1.165) is 31.2 Å². The number of hydrogen-bond acceptors (Lipinski definition) is 5. The maximum absolute atomic E-state index is 13.2. The van der Waals surface area contributed by atoms with Crippen molar-refractivity contribution in [3.05, 3.63) is 59.2 Å². The largest absolute Gasteiger partial charge is 0.495 e. The van der Waals surface area contributed by atoms with Crippen molar-refractivity contribution in [1.82, 2.24) is 5.32 Å². The Morgan fingerprint density at radius 1 is 0.943 bits per heavy atom. The van der Waals surface area contributed by atoms with E-state index < -0.39 is 0 Å². The van der Waals surface area contributed by atoms with Crippen molar-refractivity contribution in [2.75, 3.05) is 32.7 Å². The molecule has 2 amide bonds. The number of ether oxygens (including phenoxy) is 3. The molecule has 0 fully saturated rings. The summed E-state index contributed by atoms with van der Waals surface area (Å²) in [5.41, 5.74) is 2.21. The normalized spacial score (nSPS) is 11.7. The third-order valence-corrected chi connectivity index (χ3v) is 5.78. The SMILES string of the molecule is CCCCCC(CCC)OCc1ccccc1C(=O)Nc1cc(C(=O)NCCOC)ccc1OC. The molecule has 7 nitrogen and oxygen atoms in total. The first-order valence-electron chi connectivity index (χ1n) is 12.5. The molecule has 0 radical (unpaired) electrons. The van der Waals surface area contributed by atoms with E-state index in [4.69, 9.17) is 14.2 Å². The zero-order valence-corrected chi connectivity index (χ0v) is 21.5. The monoisotopic (exact) mass is 484 g/mol. The number of hydrogen-bond donors (Lipinski definition) is 2. The molecule has 0 aromatic heterocycles. The molecule has 7 heteroatoms. The Morgan fingerprint density at radius 3 is 2.46 bits per heavy atom. The average molecular weight is 485 g/mol. The zero-order valence-electron chi connectivity index (χ0n) is 21.5. The number of nitrogens with one attached hydrogen (secondary N) is 2. The van der Waals surface area contributed by atoms with Crippen LogP contribution in [0.5, 0.6) is 5.75 Å². The Kier molecular flexibility index (Phi) is 12.9. The molecule has 1 unspecified atom stereocenters. The van der Waals surface area contributed by atoms with Gasteiger partial charge in [-0.15, -0.1) is 0 Å². The average Bonchev–Trinajstić information content (AvgIpc) is 2.87. The summed E-state index contributed by atoms with van der Waals surface area (Å²) >= 11 is 0. The number of rotatable bonds is 16. The predicted molar refractivity (Wildman–Crippen MR) is 139 cm³/mol. The predicted octanol–water partition coefficient (Wildman–Crippen LogP) is 5.59. The molecule has 2 aromatic rings. The van der Waals surface area contributed by atoms with Crippen LogP contribution in [0.15, 0.2) is 42.5 Å². The Balaban J connectivity index is 2.14. The first kappa shape index (κ1) is 28.3. The highest BCUT2D eigenvalue weighted by molar-refractivity contribution is 6.07. The number of carbonyl (C=O) groups is 2. The Bertz CT molecular complexity index is 931. The Labute approximate surface area is 209 Å². The highest BCUT2D eigenvalue weighted by Gasteiger charge is 2.17. The van der Waals surface area contributed by atoms with Gasteiger partial charge < -0.3 is 24.8 Å². The molecule has 0 aliphatic heterocycles. The van der Waals surface area contributed by atoms with Crippen molar-refractivity contribution >= 4 is 17.5 Å². The fraction of sp³-hybridized carbons (Fsp3) is 0.500. The van der Waals surface area contributed by atoms with Crippen molar-refractivity contribution in [3.8, 4) is 5.75 Å². The van der Waals surface area contributed by atoms with Gasteiger partial charge in [0.15, 0.2) is 0 Å². The lowest BCUT2D eigenvalue weighted by Crippen LogP contribution is -2.27. The molecule has 0 aliphatic rings. The van der Waals surface area contributed by atoms with Gasteiger partial charge >= 0.3 is 0 Å². The van der Waals surface area contributed by atoms with Crippen LogP contribution in [0.2, 0.25) is 0 Å². The van der Waals surface area contributed by atoms with Gasteiger partial charge in [-0.05, 0) is 42.7 Å². The third-order valence-electron chi connectivity index (χ3n) is 5.78. The second kappa shape index (κ2) is 15.9. The van der Waals surface area contributed by atoms with Gasteiger partial charge in [0, 0.05) is 24.8 Å². The first-order valence-corrected chi connectivity index (χ1v) is 12.5. The van der Waals surface area contributed by atoms with E-state index in [-0.39, 0.29) is 17.9 Å². The molecular weight excluding hydrogens is 444 g/mol. The Morgan fingerprint density at radius 2 is 1.74 bits per heavy atom. The van der Waals surface area contributed by atoms with E-state index in [1.807, 2.05) is 18.2 Å². The van der Waals surface area contributed by atoms with Crippen molar-refractivity contribution in [3.63, 3.8) is 0 Å². The zero-order chi connectivity index (χ0) is 25.5. The molecule has 2 N–H and O–H groups in total. The van der Waals surface area contributed by atoms with Gasteiger partial charge in [0.2, 0.25) is 0 Å². The van der Waals surface area contributed by atoms with Crippen LogP contribution in [0.25, 0.3) is 0 Å². The van der Waals surface area contributed by atoms with Crippen LogP contribution in [0, 0.1) is 0 Å². The molecule has 0 spiro atoms. The summed E-state index contributed by atoms with van der Waals surface area (Å²) in [5, 5.41) is 5.69. The van der Waals surface area contributed by atoms with Gasteiger partial charge in [-0.1, -0.05) is 57.7 Å². The molecule has 0 aliphatic carbocycles. The molecule has 35 heavy (non-hydrogen) atoms. The molecule has 0 saturated carbocycles. The van der Waals surface area contributed by atoms with Gasteiger partial charge in [0.25, 0.3) is 11.8 Å². The van der Waals surface area contributed by atoms with Crippen LogP contribution in [0.3, 0.4) is 0 Å². The van der Waals surface area contributed by atoms with Crippen LogP contribution >= 0.6 is 0 Å². The lowest BCUT2D eigenvalue weighted by molar-refractivity contribution is 0.0270. The minimum atomic E-state index is -0.280. The minimum Gasteiger partial charge on any atom is -0.495 e. The second-order valence-corrected chi connectivity index (χ2v) is 8.49. The number of anilines is 1. The molecule has 192 valence electrons. The number of methoxy groups -OCH3 is 2. The summed E-state index contributed by atoms with van der Waals surface area (Å²) in [6, 6.07) is 12.4. The smallest absolute Gasteiger partial charge is 0.256 e. The van der Waals surface area contributed by atoms with Crippen molar-refractivity contribution in [2.45, 2.75) is 65.1 Å². The molecule has 1 atom stereocenters. The number of carbonyl (C=O) groups excluding carboxylic acids is 2. The number of benzene rings is 2. The van der Waals surface area contributed by atoms with Crippen molar-refractivity contribution in [2.24, 2.45) is 0 Å². The number of unbranched alkanes of at least 4 members (excludes halogenated alkanes) is 2. The molecule has 0 bridgehead atoms. The summed E-state index contributed by atoms with van der Waals surface area (Å²) in [4.78, 5) is 25.7. The maximum Gasteiger partial charge on any atom is 0.256 e. The molecular formula is C28H40N2O5. The van der Waals surface area contributed by atoms with Crippen LogP contribution in [0.4, 0.5) is 5.69 Å². The summed E-state index contributed by atoms with van der Waals surface area (Å²) in [6.07, 6.45) is 6.83. The van der Waals surface area contributed by atoms with Crippen molar-refractivity contribution < 1.29 is 23.8 Å². The van der Waals surface area contributed by atoms with Crippen LogP contribution in [-0.4, -0.2) is 45.3 Å². The van der Waals surface area contributed by atoms with Crippen molar-refractivity contribution in [1.29, 1.82) is 0 Å². The van der Waals surface area contributed by atoms with E-state index in [2.05, 4.69) is 24.5 Å². The summed E-state index contributed by atoms with van der Waals surface area (Å²) in [5.74, 6) is -0.0593. The number of amides is 2. The topological polar surface area (TPSA) is 85.9 Å². The van der Waals surface area contributed by atoms with Gasteiger partial charge in [0.05, 0.1) is 32.1 Å². The quantitative estimate of drug-likeness (QED) is 0.303. The molecule has 0 heterocycles. The highest BCUT2D eigenvalue weighted by atomic mass is 16.5. The summed E-state index contributed by atoms with van der Waals surface area (Å²) < 4.78 is 16.6. The fourth-order valence-corrected chi connectivity index (χ4v) is 3.84. The van der Waals surface area contributed by atoms with Gasteiger partial charge in [-0.2, -0.15) is 0 Å². The van der Waals surface area contributed by atoms with E-state index in [1.165, 1.54) is 20.0 Å². The second-order valence-electron chi connectivity index (χ2n) is 8.49. The maximum atomic E-state index is 13.2. The lowest BCUT2D eigenvalue weighted by Gasteiger charge is -2.19. The highest BCUT2D eigenvalue weighted by Crippen LogP contribution is 2.27. The van der Waals surface area contributed by atoms with Gasteiger partial charge in [-0.3, -0.25) is 9.59 Å². The molecule has 2 aromatic carbocycles. The lowest BCUT2D eigenvalue weighted by atomic mass is 10.1. The standard InChI is InChI=1S/C28H40N2O5/c1-5-7-8-13-23(11-6-2)35-20-22-12-9-10-14-24(22)28(32)30-25-19-21(15-16-26(25)34-4)27(31)29-17-18-33-3/h9-10,12,14-16,19,23H,5-8,11,13,17-18,20H2,1-4H3,(H,29,31)(H,30,32). The van der Waals surface area contributed by atoms with Gasteiger partial charge in [0.1, 0.15) is 5.75 Å². The minimum absolute atomic E-state index is 0.191. The van der Waals surface area contributed by atoms with E-state index in [1.54, 1.807) is 31.4 Å². The summed E-state index contributed by atoms with van der Waals surface area (Å²) in [7, 11) is 3.10. The fourth-order valence-electron chi connectivity index (χ4n) is 3.84. The van der Waals surface area contributed by atoms with E-state index in [0.29, 0.717) is 42.3 Å².